The number of aryl methyl sites for hydroxylation is 1. The SMILES string of the molecule is CC1=C(C(=O)Nc2cccc(C)c2)[C@@H](c2ccc3ccccc3c2)NC(=S)N1. The van der Waals surface area contributed by atoms with Crippen LogP contribution in [0.2, 0.25) is 0 Å². The number of hydrogen-bond donors (Lipinski definition) is 3. The second-order valence-corrected chi connectivity index (χ2v) is 7.41. The van der Waals surface area contributed by atoms with Crippen molar-refractivity contribution in [2.45, 2.75) is 19.9 Å². The number of nitrogens with one attached hydrogen (secondary N) is 3. The number of benzene rings is 3. The molecule has 5 heteroatoms. The highest BCUT2D eigenvalue weighted by atomic mass is 32.1. The highest BCUT2D eigenvalue weighted by molar-refractivity contribution is 7.80. The standard InChI is InChI=1S/C23H21N3OS/c1-14-6-5-9-19(12-14)25-22(27)20-15(2)24-23(28)26-21(20)18-11-10-16-7-3-4-8-17(16)13-18/h3-13,21H,1-2H3,(H,25,27)(H2,24,26,28)/t21-/m1/s1. The smallest absolute Gasteiger partial charge is 0.255 e. The van der Waals surface area contributed by atoms with Gasteiger partial charge in [0.1, 0.15) is 0 Å². The van der Waals surface area contributed by atoms with Gasteiger partial charge >= 0.3 is 0 Å². The molecular weight excluding hydrogens is 366 g/mol. The highest BCUT2D eigenvalue weighted by Crippen LogP contribution is 2.30. The Morgan fingerprint density at radius 3 is 2.54 bits per heavy atom. The fraction of sp³-hybridized carbons (Fsp3) is 0.130. The lowest BCUT2D eigenvalue weighted by Gasteiger charge is -2.30. The summed E-state index contributed by atoms with van der Waals surface area (Å²) in [6, 6.07) is 21.9. The van der Waals surface area contributed by atoms with Crippen LogP contribution in [-0.4, -0.2) is 11.0 Å². The van der Waals surface area contributed by atoms with E-state index < -0.39 is 0 Å². The minimum absolute atomic E-state index is 0.149. The fourth-order valence-corrected chi connectivity index (χ4v) is 3.82. The summed E-state index contributed by atoms with van der Waals surface area (Å²) in [6.07, 6.45) is 0. The van der Waals surface area contributed by atoms with E-state index in [0.717, 1.165) is 33.3 Å². The first-order valence-corrected chi connectivity index (χ1v) is 9.57. The molecule has 0 fully saturated rings. The largest absolute Gasteiger partial charge is 0.351 e. The lowest BCUT2D eigenvalue weighted by molar-refractivity contribution is -0.113. The van der Waals surface area contributed by atoms with Crippen LogP contribution in [0.4, 0.5) is 5.69 Å². The minimum atomic E-state index is -0.317. The van der Waals surface area contributed by atoms with E-state index in [0.29, 0.717) is 10.7 Å². The summed E-state index contributed by atoms with van der Waals surface area (Å²) < 4.78 is 0. The van der Waals surface area contributed by atoms with Crippen LogP contribution < -0.4 is 16.0 Å². The minimum Gasteiger partial charge on any atom is -0.351 e. The van der Waals surface area contributed by atoms with Crippen LogP contribution in [0, 0.1) is 6.92 Å². The van der Waals surface area contributed by atoms with Crippen LogP contribution in [-0.2, 0) is 4.79 Å². The quantitative estimate of drug-likeness (QED) is 0.576. The third-order valence-corrected chi connectivity index (χ3v) is 5.12. The molecule has 28 heavy (non-hydrogen) atoms. The second kappa shape index (κ2) is 7.44. The lowest BCUT2D eigenvalue weighted by atomic mass is 9.93. The number of carbonyl (C=O) groups is 1. The van der Waals surface area contributed by atoms with Crippen molar-refractivity contribution >= 4 is 39.7 Å². The number of anilines is 1. The van der Waals surface area contributed by atoms with E-state index in [1.807, 2.05) is 56.3 Å². The molecule has 0 saturated heterocycles. The Morgan fingerprint density at radius 1 is 0.964 bits per heavy atom. The molecule has 0 unspecified atom stereocenters. The maximum Gasteiger partial charge on any atom is 0.255 e. The molecule has 3 aromatic carbocycles. The van der Waals surface area contributed by atoms with Crippen molar-refractivity contribution in [1.82, 2.24) is 10.6 Å². The van der Waals surface area contributed by atoms with E-state index in [4.69, 9.17) is 12.2 Å². The number of amides is 1. The first kappa shape index (κ1) is 18.2. The van der Waals surface area contributed by atoms with Gasteiger partial charge in [-0.2, -0.15) is 0 Å². The van der Waals surface area contributed by atoms with Crippen LogP contribution >= 0.6 is 12.2 Å². The Balaban J connectivity index is 1.72. The Morgan fingerprint density at radius 2 is 1.75 bits per heavy atom. The molecule has 0 bridgehead atoms. The number of rotatable bonds is 3. The predicted molar refractivity (Wildman–Crippen MR) is 118 cm³/mol. The van der Waals surface area contributed by atoms with Gasteiger partial charge in [0.05, 0.1) is 11.6 Å². The van der Waals surface area contributed by atoms with Gasteiger partial charge in [0.15, 0.2) is 5.11 Å². The maximum atomic E-state index is 13.2. The topological polar surface area (TPSA) is 53.2 Å². The van der Waals surface area contributed by atoms with Crippen LogP contribution in [0.3, 0.4) is 0 Å². The first-order valence-electron chi connectivity index (χ1n) is 9.16. The average Bonchev–Trinajstić information content (AvgIpc) is 2.67. The monoisotopic (exact) mass is 387 g/mol. The van der Waals surface area contributed by atoms with Gasteiger partial charge in [-0.15, -0.1) is 0 Å². The molecule has 0 aliphatic carbocycles. The van der Waals surface area contributed by atoms with E-state index in [1.54, 1.807) is 0 Å². The summed E-state index contributed by atoms with van der Waals surface area (Å²) in [5, 5.41) is 12.2. The lowest BCUT2D eigenvalue weighted by Crippen LogP contribution is -2.45. The van der Waals surface area contributed by atoms with Gasteiger partial charge < -0.3 is 16.0 Å². The van der Waals surface area contributed by atoms with Crippen molar-refractivity contribution in [3.63, 3.8) is 0 Å². The fourth-order valence-electron chi connectivity index (χ4n) is 3.55. The van der Waals surface area contributed by atoms with Gasteiger partial charge in [-0.05, 0) is 66.2 Å². The number of carbonyl (C=O) groups excluding carboxylic acids is 1. The van der Waals surface area contributed by atoms with Crippen molar-refractivity contribution < 1.29 is 4.79 Å². The summed E-state index contributed by atoms with van der Waals surface area (Å²) in [5.41, 5.74) is 4.25. The summed E-state index contributed by atoms with van der Waals surface area (Å²) in [4.78, 5) is 13.2. The molecule has 0 saturated carbocycles. The highest BCUT2D eigenvalue weighted by Gasteiger charge is 2.30. The second-order valence-electron chi connectivity index (χ2n) is 7.00. The first-order chi connectivity index (χ1) is 13.5. The predicted octanol–water partition coefficient (Wildman–Crippen LogP) is 4.58. The van der Waals surface area contributed by atoms with Crippen molar-refractivity contribution in [2.24, 2.45) is 0 Å². The summed E-state index contributed by atoms with van der Waals surface area (Å²) >= 11 is 5.35. The van der Waals surface area contributed by atoms with Crippen LogP contribution in [0.25, 0.3) is 10.8 Å². The van der Waals surface area contributed by atoms with Crippen LogP contribution in [0.5, 0.6) is 0 Å². The van der Waals surface area contributed by atoms with Gasteiger partial charge in [0, 0.05) is 11.4 Å². The third kappa shape index (κ3) is 3.62. The molecular formula is C23H21N3OS. The molecule has 3 N–H and O–H groups in total. The van der Waals surface area contributed by atoms with Crippen LogP contribution in [0.1, 0.15) is 24.1 Å². The number of allylic oxidation sites excluding steroid dienone is 1. The summed E-state index contributed by atoms with van der Waals surface area (Å²) in [7, 11) is 0. The molecule has 0 spiro atoms. The number of fused-ring (bicyclic) bond motifs is 1. The zero-order valence-electron chi connectivity index (χ0n) is 15.7. The molecule has 4 rings (SSSR count). The van der Waals surface area contributed by atoms with Crippen LogP contribution in [0.15, 0.2) is 78.0 Å². The van der Waals surface area contributed by atoms with E-state index in [1.165, 1.54) is 0 Å². The molecule has 140 valence electrons. The molecule has 1 atom stereocenters. The Labute approximate surface area is 169 Å². The third-order valence-electron chi connectivity index (χ3n) is 4.90. The Hall–Kier alpha value is -3.18. The van der Waals surface area contributed by atoms with Crippen molar-refractivity contribution in [3.8, 4) is 0 Å². The molecule has 1 aliphatic heterocycles. The van der Waals surface area contributed by atoms with Crippen molar-refractivity contribution in [1.29, 1.82) is 0 Å². The van der Waals surface area contributed by atoms with E-state index in [9.17, 15) is 4.79 Å². The Bertz CT molecular complexity index is 1120. The zero-order valence-corrected chi connectivity index (χ0v) is 16.6. The normalized spacial score (nSPS) is 16.5. The van der Waals surface area contributed by atoms with E-state index in [-0.39, 0.29) is 11.9 Å². The molecule has 1 heterocycles. The van der Waals surface area contributed by atoms with Gasteiger partial charge in [-0.1, -0.05) is 48.5 Å². The number of hydrogen-bond acceptors (Lipinski definition) is 2. The molecule has 0 radical (unpaired) electrons. The van der Waals surface area contributed by atoms with Crippen molar-refractivity contribution in [2.75, 3.05) is 5.32 Å². The van der Waals surface area contributed by atoms with Gasteiger partial charge in [-0.25, -0.2) is 0 Å². The molecule has 1 aliphatic rings. The maximum absolute atomic E-state index is 13.2. The van der Waals surface area contributed by atoms with Gasteiger partial charge in [0.2, 0.25) is 0 Å². The molecule has 0 aromatic heterocycles. The summed E-state index contributed by atoms with van der Waals surface area (Å²) in [5.74, 6) is -0.149. The van der Waals surface area contributed by atoms with Gasteiger partial charge in [0.25, 0.3) is 5.91 Å². The molecule has 3 aromatic rings. The molecule has 4 nitrogen and oxygen atoms in total. The summed E-state index contributed by atoms with van der Waals surface area (Å²) in [6.45, 7) is 3.88. The van der Waals surface area contributed by atoms with Gasteiger partial charge in [-0.3, -0.25) is 4.79 Å². The van der Waals surface area contributed by atoms with E-state index in [2.05, 4.69) is 40.2 Å². The zero-order chi connectivity index (χ0) is 19.7. The van der Waals surface area contributed by atoms with E-state index >= 15 is 0 Å². The molecule has 1 amide bonds. The average molecular weight is 388 g/mol. The Kier molecular flexibility index (Phi) is 4.84. The van der Waals surface area contributed by atoms with Crippen molar-refractivity contribution in [3.05, 3.63) is 89.1 Å². The number of thiocarbonyl (C=S) groups is 1.